The molecule has 2 N–H and O–H groups in total. The summed E-state index contributed by atoms with van der Waals surface area (Å²) in [6.07, 6.45) is 14.1. The summed E-state index contributed by atoms with van der Waals surface area (Å²) in [4.78, 5) is 0.453. The molecule has 0 atom stereocenters. The number of thiocarbonyl (C=S) groups is 2. The van der Waals surface area contributed by atoms with E-state index in [4.69, 9.17) is 24.4 Å². The van der Waals surface area contributed by atoms with Crippen LogP contribution in [0.2, 0.25) is 8.45 Å². The van der Waals surface area contributed by atoms with Gasteiger partial charge in [0.25, 0.3) is 0 Å². The number of allylic oxidation sites excluding steroid dienone is 8. The predicted octanol–water partition coefficient (Wildman–Crippen LogP) is 8.75. The van der Waals surface area contributed by atoms with Crippen molar-refractivity contribution in [3.05, 3.63) is 168 Å². The van der Waals surface area contributed by atoms with Crippen LogP contribution in [0, 0.1) is 23.3 Å². The van der Waals surface area contributed by atoms with Gasteiger partial charge in [0.2, 0.25) is 0 Å². The van der Waals surface area contributed by atoms with Crippen molar-refractivity contribution in [2.45, 2.75) is 8.45 Å². The average Bonchev–Trinajstić information content (AvgIpc) is 3.80. The molecule has 4 aromatic rings. The summed E-state index contributed by atoms with van der Waals surface area (Å²) < 4.78 is 64.8. The van der Waals surface area contributed by atoms with E-state index < -0.39 is 48.3 Å². The molecule has 0 spiro atoms. The van der Waals surface area contributed by atoms with Crippen molar-refractivity contribution in [3.63, 3.8) is 0 Å². The second-order valence-electron chi connectivity index (χ2n) is 10.7. The zero-order valence-electron chi connectivity index (χ0n) is 23.7. The molecule has 45 heavy (non-hydrogen) atoms. The maximum absolute atomic E-state index is 17.0. The summed E-state index contributed by atoms with van der Waals surface area (Å²) in [7, 11) is 0. The number of halogens is 4. The summed E-state index contributed by atoms with van der Waals surface area (Å²) in [5, 5.41) is 5.83. The number of benzene rings is 4. The van der Waals surface area contributed by atoms with Gasteiger partial charge in [-0.2, -0.15) is 0 Å². The van der Waals surface area contributed by atoms with Gasteiger partial charge in [-0.1, -0.05) is 0 Å². The Balaban J connectivity index is 1.58. The van der Waals surface area contributed by atoms with Crippen LogP contribution in [0.1, 0.15) is 11.1 Å². The van der Waals surface area contributed by atoms with Gasteiger partial charge in [-0.15, -0.1) is 0 Å². The van der Waals surface area contributed by atoms with Crippen LogP contribution in [0.25, 0.3) is 0 Å². The third-order valence-corrected chi connectivity index (χ3v) is 17.3. The van der Waals surface area contributed by atoms with Gasteiger partial charge in [-0.05, 0) is 0 Å². The van der Waals surface area contributed by atoms with Gasteiger partial charge in [0.15, 0.2) is 0 Å². The molecular weight excluding hydrogens is 648 g/mol. The quantitative estimate of drug-likeness (QED) is 0.111. The van der Waals surface area contributed by atoms with Crippen LogP contribution in [0.4, 0.5) is 28.9 Å². The van der Waals surface area contributed by atoms with E-state index in [0.29, 0.717) is 11.1 Å². The molecule has 0 bridgehead atoms. The number of anilines is 2. The van der Waals surface area contributed by atoms with Gasteiger partial charge in [0, 0.05) is 0 Å². The first-order valence-electron chi connectivity index (χ1n) is 14.2. The van der Waals surface area contributed by atoms with Crippen molar-refractivity contribution in [1.29, 1.82) is 0 Å². The topological polar surface area (TPSA) is 24.1 Å². The Labute approximate surface area is 273 Å². The molecule has 0 radical (unpaired) electrons. The van der Waals surface area contributed by atoms with E-state index >= 15 is 17.6 Å². The van der Waals surface area contributed by atoms with Crippen molar-refractivity contribution in [2.75, 3.05) is 10.6 Å². The van der Waals surface area contributed by atoms with E-state index in [2.05, 4.69) is 10.6 Å². The van der Waals surface area contributed by atoms with Crippen LogP contribution in [-0.2, 0) is 16.6 Å². The first-order valence-corrected chi connectivity index (χ1v) is 18.4. The zero-order valence-corrected chi connectivity index (χ0v) is 26.9. The normalized spacial score (nSPS) is 14.3. The predicted molar refractivity (Wildman–Crippen MR) is 180 cm³/mol. The summed E-state index contributed by atoms with van der Waals surface area (Å²) >= 11 is 6.09. The number of hydrogen-bond acceptors (Lipinski definition) is 2. The minimum atomic E-state index is -4.99. The number of rotatable bonds is 8. The van der Waals surface area contributed by atoms with Crippen LogP contribution >= 0.6 is 24.4 Å². The van der Waals surface area contributed by atoms with E-state index in [-0.39, 0.29) is 29.1 Å². The fourth-order valence-electron chi connectivity index (χ4n) is 6.11. The fraction of sp³-hybridized carbons (Fsp3) is 0.0556. The molecule has 2 aliphatic carbocycles. The molecule has 0 fully saturated rings. The molecule has 0 heterocycles. The Morgan fingerprint density at radius 2 is 0.867 bits per heavy atom. The summed E-state index contributed by atoms with van der Waals surface area (Å²) in [6, 6.07) is 22.7. The van der Waals surface area contributed by atoms with Gasteiger partial charge >= 0.3 is 275 Å². The van der Waals surface area contributed by atoms with Crippen LogP contribution in [0.5, 0.6) is 0 Å². The summed E-state index contributed by atoms with van der Waals surface area (Å²) in [5.41, 5.74) is 1.12. The molecular formula is C36H26F4N2S2Ti. The summed E-state index contributed by atoms with van der Waals surface area (Å²) in [5.74, 6) is -3.59. The molecule has 224 valence electrons. The summed E-state index contributed by atoms with van der Waals surface area (Å²) in [6.45, 7) is 0. The molecule has 0 saturated heterocycles. The van der Waals surface area contributed by atoms with E-state index in [1.165, 1.54) is 12.1 Å². The van der Waals surface area contributed by atoms with Crippen LogP contribution in [0.3, 0.4) is 0 Å². The van der Waals surface area contributed by atoms with Gasteiger partial charge in [0.05, 0.1) is 0 Å². The van der Waals surface area contributed by atoms with Gasteiger partial charge in [-0.3, -0.25) is 0 Å². The fourth-order valence-corrected chi connectivity index (χ4v) is 15.4. The van der Waals surface area contributed by atoms with Crippen LogP contribution in [0.15, 0.2) is 134 Å². The molecule has 0 aliphatic heterocycles. The molecule has 0 saturated carbocycles. The molecule has 2 nitrogen and oxygen atoms in total. The van der Waals surface area contributed by atoms with Gasteiger partial charge < -0.3 is 0 Å². The second-order valence-corrected chi connectivity index (χ2v) is 17.8. The molecule has 0 aromatic heterocycles. The first kappa shape index (κ1) is 31.1. The second kappa shape index (κ2) is 13.2. The van der Waals surface area contributed by atoms with E-state index in [1.54, 1.807) is 97.1 Å². The SMILES string of the molecule is Fc1ccc(NC(=S)c2ccccc2)c(F)[c]1[Ti]([c]1c(F)ccc(NC(=S)c2ccccc2)c1F)([CH]1C=CC=C1)[CH]1C=CC=C1. The van der Waals surface area contributed by atoms with Crippen LogP contribution < -0.4 is 18.4 Å². The molecule has 2 aliphatic rings. The van der Waals surface area contributed by atoms with E-state index in [9.17, 15) is 0 Å². The van der Waals surface area contributed by atoms with Crippen molar-refractivity contribution in [2.24, 2.45) is 0 Å². The Hall–Kier alpha value is -3.95. The Bertz CT molecular complexity index is 1740. The number of hydrogen-bond donors (Lipinski definition) is 2. The van der Waals surface area contributed by atoms with Gasteiger partial charge in [0.1, 0.15) is 0 Å². The van der Waals surface area contributed by atoms with Crippen LogP contribution in [-0.4, -0.2) is 9.98 Å². The van der Waals surface area contributed by atoms with Crippen molar-refractivity contribution in [1.82, 2.24) is 0 Å². The zero-order chi connectivity index (χ0) is 31.6. The van der Waals surface area contributed by atoms with Crippen molar-refractivity contribution in [3.8, 4) is 0 Å². The van der Waals surface area contributed by atoms with Crippen molar-refractivity contribution < 1.29 is 34.2 Å². The third kappa shape index (κ3) is 5.79. The molecule has 0 unspecified atom stereocenters. The molecule has 6 rings (SSSR count). The van der Waals surface area contributed by atoms with Crippen molar-refractivity contribution >= 4 is 53.5 Å². The standard InChI is InChI=1S/2C13H8F2NS.2C5H5.Ti/c2*14-10-6-7-12(11(15)8-10)16-13(17)9-4-2-1-3-5-9;2*1-2-4-5-3-1;/h2*1-7H,(H,16,17);2*1-5H;. The molecule has 4 aromatic carbocycles. The minimum absolute atomic E-state index is 0.0764. The monoisotopic (exact) mass is 674 g/mol. The third-order valence-electron chi connectivity index (χ3n) is 8.13. The first-order chi connectivity index (χ1) is 21.8. The Morgan fingerprint density at radius 1 is 0.511 bits per heavy atom. The van der Waals surface area contributed by atoms with Gasteiger partial charge in [-0.25, -0.2) is 0 Å². The Kier molecular flexibility index (Phi) is 9.10. The van der Waals surface area contributed by atoms with E-state index in [0.717, 1.165) is 12.1 Å². The molecule has 9 heteroatoms. The molecule has 0 amide bonds. The maximum atomic E-state index is 17.0. The average molecular weight is 675 g/mol. The van der Waals surface area contributed by atoms with E-state index in [1.807, 2.05) is 12.1 Å². The number of nitrogens with one attached hydrogen (secondary N) is 2. The Morgan fingerprint density at radius 3 is 1.22 bits per heavy atom.